The van der Waals surface area contributed by atoms with Gasteiger partial charge >= 0.3 is 12.2 Å². The summed E-state index contributed by atoms with van der Waals surface area (Å²) in [6, 6.07) is 0. The van der Waals surface area contributed by atoms with Gasteiger partial charge in [0.1, 0.15) is 0 Å². The van der Waals surface area contributed by atoms with Crippen molar-refractivity contribution < 1.29 is 19.1 Å². The van der Waals surface area contributed by atoms with Gasteiger partial charge in [-0.15, -0.1) is 4.78 Å². The molecule has 1 heterocycles. The van der Waals surface area contributed by atoms with Crippen molar-refractivity contribution in [2.75, 3.05) is 13.2 Å². The highest BCUT2D eigenvalue weighted by Crippen LogP contribution is 2.87. The molecule has 2 N–H and O–H groups in total. The predicted molar refractivity (Wildman–Crippen MR) is 143 cm³/mol. The second-order valence-electron chi connectivity index (χ2n) is 12.3. The summed E-state index contributed by atoms with van der Waals surface area (Å²) in [6.45, 7) is 28.9. The van der Waals surface area contributed by atoms with Gasteiger partial charge in [0.25, 0.3) is 7.51 Å². The van der Waals surface area contributed by atoms with Gasteiger partial charge in [-0.25, -0.2) is 19.8 Å². The van der Waals surface area contributed by atoms with Crippen molar-refractivity contribution >= 4 is 28.1 Å². The summed E-state index contributed by atoms with van der Waals surface area (Å²) in [7, 11) is -4.63. The fourth-order valence-electron chi connectivity index (χ4n) is 3.65. The normalized spacial score (nSPS) is 22.6. The number of nitrogens with one attached hydrogen (secondary N) is 2. The third-order valence-electron chi connectivity index (χ3n) is 4.31. The van der Waals surface area contributed by atoms with E-state index >= 15 is 0 Å². The number of carbonyl (C=O) groups is 2. The molecule has 0 aromatic heterocycles. The number of carbonyl (C=O) groups excluding carboxylic acids is 2. The maximum atomic E-state index is 13.5. The van der Waals surface area contributed by atoms with Gasteiger partial charge in [0, 0.05) is 5.54 Å². The predicted octanol–water partition coefficient (Wildman–Crippen LogP) is 6.41. The molecule has 0 radical (unpaired) electrons. The van der Waals surface area contributed by atoms with E-state index in [9.17, 15) is 9.59 Å². The number of hydrazine groups is 1. The van der Waals surface area contributed by atoms with Crippen molar-refractivity contribution in [1.29, 1.82) is 0 Å². The van der Waals surface area contributed by atoms with Crippen molar-refractivity contribution in [2.45, 2.75) is 119 Å². The monoisotopic (exact) mass is 523 g/mol. The third-order valence-corrected chi connectivity index (χ3v) is 14.1. The summed E-state index contributed by atoms with van der Waals surface area (Å²) in [6.07, 6.45) is -1.37. The van der Waals surface area contributed by atoms with Gasteiger partial charge < -0.3 is 9.47 Å². The van der Waals surface area contributed by atoms with E-state index in [0.29, 0.717) is 0 Å². The lowest BCUT2D eigenvalue weighted by atomic mass is 10.1. The van der Waals surface area contributed by atoms with Crippen molar-refractivity contribution in [2.24, 2.45) is 4.74 Å². The molecule has 1 saturated heterocycles. The largest absolute Gasteiger partial charge is 0.449 e. The van der Waals surface area contributed by atoms with E-state index in [4.69, 9.17) is 14.2 Å². The Bertz CT molecular complexity index is 767. The van der Waals surface area contributed by atoms with Gasteiger partial charge in [-0.05, 0) is 96.9 Å². The first kappa shape index (κ1) is 31.1. The molecule has 10 nitrogen and oxygen atoms in total. The molecule has 0 bridgehead atoms. The number of amides is 2. The molecule has 200 valence electrons. The van der Waals surface area contributed by atoms with E-state index in [-0.39, 0.29) is 29.8 Å². The summed E-state index contributed by atoms with van der Waals surface area (Å²) in [4.78, 5) is 26.2. The minimum absolute atomic E-state index is 0.165. The van der Waals surface area contributed by atoms with Crippen molar-refractivity contribution in [3.63, 3.8) is 0 Å². The van der Waals surface area contributed by atoms with Crippen LogP contribution >= 0.6 is 15.9 Å². The maximum Gasteiger partial charge on any atom is 0.435 e. The van der Waals surface area contributed by atoms with Crippen LogP contribution in [0.1, 0.15) is 96.9 Å². The topological polar surface area (TPSA) is 98.7 Å². The average molecular weight is 524 g/mol. The number of hydrogen-bond donors (Lipinski definition) is 2. The van der Waals surface area contributed by atoms with Crippen LogP contribution in [0.2, 0.25) is 0 Å². The summed E-state index contributed by atoms with van der Waals surface area (Å²) in [5.74, 6) is 0. The first-order chi connectivity index (χ1) is 15.1. The van der Waals surface area contributed by atoms with Crippen LogP contribution in [-0.2, 0) is 9.47 Å². The Morgan fingerprint density at radius 1 is 0.853 bits per heavy atom. The molecule has 12 heteroatoms. The summed E-state index contributed by atoms with van der Waals surface area (Å²) in [5.41, 5.74) is 1.26. The van der Waals surface area contributed by atoms with Crippen LogP contribution in [0.4, 0.5) is 9.59 Å². The lowest BCUT2D eigenvalue weighted by Crippen LogP contribution is -2.65. The van der Waals surface area contributed by atoms with Gasteiger partial charge in [0.2, 0.25) is 8.37 Å². The van der Waals surface area contributed by atoms with Crippen LogP contribution in [0.3, 0.4) is 0 Å². The van der Waals surface area contributed by atoms with Gasteiger partial charge in [-0.1, -0.05) is 8.88 Å². The Morgan fingerprint density at radius 3 is 1.62 bits per heavy atom. The van der Waals surface area contributed by atoms with Crippen molar-refractivity contribution in [3.05, 3.63) is 0 Å². The maximum absolute atomic E-state index is 13.5. The van der Waals surface area contributed by atoms with Crippen molar-refractivity contribution in [3.8, 4) is 0 Å². The molecule has 0 aliphatic carbocycles. The first-order valence-electron chi connectivity index (χ1n) is 11.9. The molecule has 1 rings (SSSR count). The Hall–Kier alpha value is -0.920. The quantitative estimate of drug-likeness (QED) is 0.324. The Balaban J connectivity index is 4.06. The van der Waals surface area contributed by atoms with E-state index in [1.165, 1.54) is 4.78 Å². The van der Waals surface area contributed by atoms with Crippen LogP contribution in [0.25, 0.3) is 0 Å². The Kier molecular flexibility index (Phi) is 9.69. The smallest absolute Gasteiger partial charge is 0.435 e. The van der Waals surface area contributed by atoms with E-state index in [1.807, 2.05) is 20.8 Å². The standard InChI is InChI=1S/C22H48N6O4P2/c1-15-31-17(29)23-26(18(30)32-16-2)34(25-20(6,7)8)27(21(9,10)11)33(24-19(3,4)5)28(34)22(12,13)14/h24H,15-16H2,1-14H3,(H,23,29)/p+1. The average Bonchev–Trinajstić information content (AvgIpc) is 2.53. The highest BCUT2D eigenvalue weighted by atomic mass is 31.3. The van der Waals surface area contributed by atoms with Gasteiger partial charge in [0.05, 0.1) is 29.8 Å². The zero-order valence-electron chi connectivity index (χ0n) is 23.8. The lowest BCUT2D eigenvalue weighted by Gasteiger charge is -2.62. The lowest BCUT2D eigenvalue weighted by molar-refractivity contribution is 0.0957. The number of ether oxygens (including phenoxy) is 2. The number of hydrogen-bond acceptors (Lipinski definition) is 6. The fraction of sp³-hybridized carbons (Fsp3) is 0.909. The molecule has 0 unspecified atom stereocenters. The highest BCUT2D eigenvalue weighted by molar-refractivity contribution is 7.85. The molecule has 2 amide bonds. The minimum Gasteiger partial charge on any atom is -0.449 e. The molecule has 0 aromatic carbocycles. The molecule has 1 fully saturated rings. The van der Waals surface area contributed by atoms with E-state index in [1.54, 1.807) is 13.8 Å². The third kappa shape index (κ3) is 7.30. The van der Waals surface area contributed by atoms with Crippen LogP contribution in [0.15, 0.2) is 4.74 Å². The van der Waals surface area contributed by atoms with E-state index in [2.05, 4.69) is 81.7 Å². The molecule has 0 spiro atoms. The molecule has 1 aliphatic rings. The second-order valence-corrected chi connectivity index (χ2v) is 17.3. The summed E-state index contributed by atoms with van der Waals surface area (Å²) >= 11 is 0. The van der Waals surface area contributed by atoms with Gasteiger partial charge in [-0.3, -0.25) is 0 Å². The van der Waals surface area contributed by atoms with Crippen molar-refractivity contribution in [1.82, 2.24) is 24.2 Å². The summed E-state index contributed by atoms with van der Waals surface area (Å²) in [5, 5.41) is 3.81. The zero-order valence-corrected chi connectivity index (χ0v) is 25.7. The van der Waals surface area contributed by atoms with E-state index < -0.39 is 33.6 Å². The number of nitrogens with zero attached hydrogens (tertiary/aromatic N) is 4. The highest BCUT2D eigenvalue weighted by Gasteiger charge is 2.74. The molecular formula is C22H49N6O4P2+. The van der Waals surface area contributed by atoms with Crippen LogP contribution in [0.5, 0.6) is 0 Å². The molecule has 0 atom stereocenters. The minimum atomic E-state index is -3.05. The Morgan fingerprint density at radius 2 is 1.29 bits per heavy atom. The summed E-state index contributed by atoms with van der Waals surface area (Å²) < 4.78 is 21.9. The van der Waals surface area contributed by atoms with Crippen LogP contribution in [0, 0.1) is 0 Å². The SMILES string of the molecule is CCOC(=O)NN(C(=O)OCC)P1(=NC(C)(C)C)N(C(C)(C)C)[PH+](NC(C)(C)C)N1C(C)(C)C. The van der Waals surface area contributed by atoms with Crippen LogP contribution in [-0.4, -0.2) is 61.2 Å². The van der Waals surface area contributed by atoms with Crippen LogP contribution < -0.4 is 10.5 Å². The first-order valence-corrected chi connectivity index (χ1v) is 14.9. The van der Waals surface area contributed by atoms with Gasteiger partial charge in [-0.2, -0.15) is 5.09 Å². The molecule has 0 saturated carbocycles. The molecule has 1 aliphatic heterocycles. The second kappa shape index (κ2) is 10.6. The van der Waals surface area contributed by atoms with E-state index in [0.717, 1.165) is 0 Å². The fourth-order valence-corrected chi connectivity index (χ4v) is 13.3. The zero-order chi connectivity index (χ0) is 26.9. The van der Waals surface area contributed by atoms with Gasteiger partial charge in [0.15, 0.2) is 0 Å². The molecule has 34 heavy (non-hydrogen) atoms. The molecular weight excluding hydrogens is 474 g/mol. The number of rotatable bonds is 4. The Labute approximate surface area is 208 Å². The molecule has 0 aromatic rings.